The van der Waals surface area contributed by atoms with E-state index in [1.807, 2.05) is 6.92 Å². The van der Waals surface area contributed by atoms with Crippen molar-refractivity contribution in [3.05, 3.63) is 0 Å². The molecule has 0 aromatic rings. The molecule has 0 bridgehead atoms. The molecule has 1 heterocycles. The van der Waals surface area contributed by atoms with Crippen LogP contribution in [0.5, 0.6) is 0 Å². The number of hydrogen-bond donors (Lipinski definition) is 2. The normalized spacial score (nSPS) is 23.1. The Kier molecular flexibility index (Phi) is 7.07. The fraction of sp³-hybridized carbons (Fsp3) is 0.941. The minimum atomic E-state index is -3.12. The third-order valence-electron chi connectivity index (χ3n) is 5.56. The lowest BCUT2D eigenvalue weighted by atomic mass is 9.71. The van der Waals surface area contributed by atoms with E-state index in [1.54, 1.807) is 4.31 Å². The molecule has 1 aliphatic carbocycles. The number of rotatable bonds is 7. The number of sulfonamides is 1. The highest BCUT2D eigenvalue weighted by Gasteiger charge is 2.34. The van der Waals surface area contributed by atoms with Crippen molar-refractivity contribution in [1.82, 2.24) is 9.62 Å². The van der Waals surface area contributed by atoms with E-state index in [-0.39, 0.29) is 23.1 Å². The molecular weight excluding hydrogens is 326 g/mol. The Bertz CT molecular complexity index is 507. The zero-order valence-corrected chi connectivity index (χ0v) is 15.7. The first-order valence-electron chi connectivity index (χ1n) is 9.38. The third kappa shape index (κ3) is 5.17. The monoisotopic (exact) mass is 359 g/mol. The van der Waals surface area contributed by atoms with Gasteiger partial charge in [0.15, 0.2) is 0 Å². The summed E-state index contributed by atoms with van der Waals surface area (Å²) in [5.74, 6) is 0.292. The Morgan fingerprint density at radius 2 is 1.83 bits per heavy atom. The van der Waals surface area contributed by atoms with Crippen LogP contribution in [-0.2, 0) is 14.8 Å². The summed E-state index contributed by atoms with van der Waals surface area (Å²) in [5, 5.41) is 3.11. The summed E-state index contributed by atoms with van der Waals surface area (Å²) in [4.78, 5) is 12.4. The molecule has 0 radical (unpaired) electrons. The molecule has 2 rings (SSSR count). The van der Waals surface area contributed by atoms with Gasteiger partial charge in [-0.15, -0.1) is 0 Å². The van der Waals surface area contributed by atoms with Crippen LogP contribution in [0.3, 0.4) is 0 Å². The largest absolute Gasteiger partial charge is 0.353 e. The van der Waals surface area contributed by atoms with Crippen LogP contribution in [0.1, 0.15) is 64.7 Å². The molecule has 24 heavy (non-hydrogen) atoms. The predicted molar refractivity (Wildman–Crippen MR) is 96.0 cm³/mol. The molecule has 1 amide bonds. The first-order chi connectivity index (χ1) is 11.4. The van der Waals surface area contributed by atoms with Gasteiger partial charge in [0.25, 0.3) is 0 Å². The molecule has 1 saturated heterocycles. The van der Waals surface area contributed by atoms with E-state index in [4.69, 9.17) is 5.73 Å². The van der Waals surface area contributed by atoms with Gasteiger partial charge in [0.05, 0.1) is 5.75 Å². The molecule has 1 aliphatic heterocycles. The summed E-state index contributed by atoms with van der Waals surface area (Å²) in [7, 11) is -3.12. The smallest absolute Gasteiger partial charge is 0.220 e. The van der Waals surface area contributed by atoms with E-state index >= 15 is 0 Å². The second kappa shape index (κ2) is 8.63. The Hall–Kier alpha value is -0.660. The molecular formula is C17H33N3O3S. The predicted octanol–water partition coefficient (Wildman–Crippen LogP) is 1.61. The van der Waals surface area contributed by atoms with E-state index in [2.05, 4.69) is 5.32 Å². The minimum Gasteiger partial charge on any atom is -0.353 e. The summed E-state index contributed by atoms with van der Waals surface area (Å²) in [6, 6.07) is 0.0870. The summed E-state index contributed by atoms with van der Waals surface area (Å²) < 4.78 is 25.7. The van der Waals surface area contributed by atoms with E-state index in [1.165, 1.54) is 6.42 Å². The first-order valence-corrected chi connectivity index (χ1v) is 11.0. The van der Waals surface area contributed by atoms with Gasteiger partial charge in [-0.05, 0) is 44.1 Å². The number of carbonyl (C=O) groups is 1. The lowest BCUT2D eigenvalue weighted by Gasteiger charge is -2.37. The zero-order valence-electron chi connectivity index (χ0n) is 14.9. The van der Waals surface area contributed by atoms with E-state index in [0.717, 1.165) is 25.7 Å². The van der Waals surface area contributed by atoms with Crippen molar-refractivity contribution < 1.29 is 13.2 Å². The molecule has 7 heteroatoms. The van der Waals surface area contributed by atoms with Crippen molar-refractivity contribution in [1.29, 1.82) is 0 Å². The first kappa shape index (κ1) is 19.7. The van der Waals surface area contributed by atoms with Crippen molar-refractivity contribution in [3.63, 3.8) is 0 Å². The maximum absolute atomic E-state index is 12.4. The number of hydrogen-bond acceptors (Lipinski definition) is 4. The van der Waals surface area contributed by atoms with Crippen molar-refractivity contribution >= 4 is 15.9 Å². The summed E-state index contributed by atoms with van der Waals surface area (Å²) in [5.41, 5.74) is 5.94. The van der Waals surface area contributed by atoms with Gasteiger partial charge in [-0.1, -0.05) is 26.2 Å². The Balaban J connectivity index is 1.80. The Morgan fingerprint density at radius 3 is 2.38 bits per heavy atom. The highest BCUT2D eigenvalue weighted by molar-refractivity contribution is 7.89. The molecule has 6 nitrogen and oxygen atoms in total. The van der Waals surface area contributed by atoms with Gasteiger partial charge in [-0.2, -0.15) is 0 Å². The summed E-state index contributed by atoms with van der Waals surface area (Å²) in [6.07, 6.45) is 8.21. The van der Waals surface area contributed by atoms with E-state index in [9.17, 15) is 13.2 Å². The summed E-state index contributed by atoms with van der Waals surface area (Å²) >= 11 is 0. The van der Waals surface area contributed by atoms with Gasteiger partial charge in [-0.3, -0.25) is 4.79 Å². The molecule has 2 fully saturated rings. The Labute approximate surface area is 146 Å². The number of carbonyl (C=O) groups excluding carboxylic acids is 1. The van der Waals surface area contributed by atoms with Crippen LogP contribution in [0.2, 0.25) is 0 Å². The number of piperidine rings is 1. The molecule has 2 aliphatic rings. The number of nitrogens with one attached hydrogen (secondary N) is 1. The second-order valence-corrected chi connectivity index (χ2v) is 9.59. The van der Waals surface area contributed by atoms with Gasteiger partial charge >= 0.3 is 0 Å². The van der Waals surface area contributed by atoms with Gasteiger partial charge in [0, 0.05) is 25.6 Å². The molecule has 1 saturated carbocycles. The number of amides is 1. The fourth-order valence-electron chi connectivity index (χ4n) is 4.04. The lowest BCUT2D eigenvalue weighted by Crippen LogP contribution is -2.48. The fourth-order valence-corrected chi connectivity index (χ4v) is 5.58. The minimum absolute atomic E-state index is 0.0203. The summed E-state index contributed by atoms with van der Waals surface area (Å²) in [6.45, 7) is 3.47. The van der Waals surface area contributed by atoms with Crippen molar-refractivity contribution in [2.45, 2.75) is 70.8 Å². The van der Waals surface area contributed by atoms with Gasteiger partial charge in [0.2, 0.25) is 15.9 Å². The maximum Gasteiger partial charge on any atom is 0.220 e. The molecule has 0 unspecified atom stereocenters. The maximum atomic E-state index is 12.4. The average Bonchev–Trinajstić information content (AvgIpc) is 2.56. The number of nitrogens with zero attached hydrogens (tertiary/aromatic N) is 1. The molecule has 0 aromatic carbocycles. The molecule has 0 spiro atoms. The number of nitrogens with two attached hydrogens (primary N) is 1. The average molecular weight is 360 g/mol. The highest BCUT2D eigenvalue weighted by atomic mass is 32.2. The van der Waals surface area contributed by atoms with E-state index in [0.29, 0.717) is 45.3 Å². The van der Waals surface area contributed by atoms with Crippen LogP contribution in [0, 0.1) is 5.41 Å². The lowest BCUT2D eigenvalue weighted by molar-refractivity contribution is -0.124. The molecule has 3 N–H and O–H groups in total. The van der Waals surface area contributed by atoms with Crippen LogP contribution in [0.25, 0.3) is 0 Å². The van der Waals surface area contributed by atoms with Crippen LogP contribution < -0.4 is 11.1 Å². The standard InChI is InChI=1S/C17H33N3O3S/c1-2-12-24(22,23)20-10-6-15(7-11-20)19-16(21)13-17(14-18)8-4-3-5-9-17/h15H,2-14,18H2,1H3,(H,19,21). The van der Waals surface area contributed by atoms with Crippen molar-refractivity contribution in [2.75, 3.05) is 25.4 Å². The highest BCUT2D eigenvalue weighted by Crippen LogP contribution is 2.38. The van der Waals surface area contributed by atoms with Gasteiger partial charge in [-0.25, -0.2) is 12.7 Å². The topological polar surface area (TPSA) is 92.5 Å². The van der Waals surface area contributed by atoms with Gasteiger partial charge < -0.3 is 11.1 Å². The van der Waals surface area contributed by atoms with Crippen molar-refractivity contribution in [2.24, 2.45) is 11.1 Å². The molecule has 0 atom stereocenters. The van der Waals surface area contributed by atoms with Crippen LogP contribution in [0.4, 0.5) is 0 Å². The van der Waals surface area contributed by atoms with E-state index < -0.39 is 10.0 Å². The Morgan fingerprint density at radius 1 is 1.21 bits per heavy atom. The molecule has 140 valence electrons. The van der Waals surface area contributed by atoms with Crippen LogP contribution >= 0.6 is 0 Å². The van der Waals surface area contributed by atoms with Gasteiger partial charge in [0.1, 0.15) is 0 Å². The zero-order chi connectivity index (χ0) is 17.6. The second-order valence-electron chi connectivity index (χ2n) is 7.50. The third-order valence-corrected chi connectivity index (χ3v) is 7.63. The quantitative estimate of drug-likeness (QED) is 0.722. The SMILES string of the molecule is CCCS(=O)(=O)N1CCC(NC(=O)CC2(CN)CCCCC2)CC1. The van der Waals surface area contributed by atoms with Crippen LogP contribution in [0.15, 0.2) is 0 Å². The van der Waals surface area contributed by atoms with Crippen LogP contribution in [-0.4, -0.2) is 50.1 Å². The molecule has 0 aromatic heterocycles. The van der Waals surface area contributed by atoms with Crippen molar-refractivity contribution in [3.8, 4) is 0 Å².